The summed E-state index contributed by atoms with van der Waals surface area (Å²) < 4.78 is 0. The van der Waals surface area contributed by atoms with Gasteiger partial charge in [0.05, 0.1) is 5.92 Å². The summed E-state index contributed by atoms with van der Waals surface area (Å²) in [6.07, 6.45) is 2.22. The van der Waals surface area contributed by atoms with Crippen LogP contribution in [0.5, 0.6) is 0 Å². The summed E-state index contributed by atoms with van der Waals surface area (Å²) in [5.41, 5.74) is 1.13. The number of benzene rings is 2. The second-order valence-corrected chi connectivity index (χ2v) is 5.42. The lowest BCUT2D eigenvalue weighted by Crippen LogP contribution is -2.35. The lowest BCUT2D eigenvalue weighted by Gasteiger charge is -2.32. The predicted octanol–water partition coefficient (Wildman–Crippen LogP) is 3.57. The van der Waals surface area contributed by atoms with Crippen LogP contribution in [0, 0.1) is 5.92 Å². The van der Waals surface area contributed by atoms with Crippen molar-refractivity contribution in [3.63, 3.8) is 0 Å². The number of carbonyl (C=O) groups excluding carboxylic acids is 1. The molecule has 0 bridgehead atoms. The molecule has 0 aliphatic heterocycles. The molecular formula is C19H18O2. The topological polar surface area (TPSA) is 37.3 Å². The number of ketones is 1. The van der Waals surface area contributed by atoms with Crippen molar-refractivity contribution in [2.24, 2.45) is 5.92 Å². The quantitative estimate of drug-likeness (QED) is 0.932. The van der Waals surface area contributed by atoms with Crippen LogP contribution in [0.3, 0.4) is 0 Å². The number of hydrogen-bond acceptors (Lipinski definition) is 2. The minimum atomic E-state index is -1.24. The highest BCUT2D eigenvalue weighted by molar-refractivity contribution is 6.07. The molecule has 106 valence electrons. The van der Waals surface area contributed by atoms with Crippen LogP contribution in [0.15, 0.2) is 66.7 Å². The van der Waals surface area contributed by atoms with E-state index in [1.807, 2.05) is 67.6 Å². The third kappa shape index (κ3) is 2.12. The van der Waals surface area contributed by atoms with Gasteiger partial charge in [0, 0.05) is 0 Å². The van der Waals surface area contributed by atoms with E-state index in [4.69, 9.17) is 0 Å². The number of aliphatic hydroxyl groups is 1. The molecule has 3 rings (SSSR count). The van der Waals surface area contributed by atoms with Gasteiger partial charge in [-0.25, -0.2) is 0 Å². The normalized spacial score (nSPS) is 25.0. The van der Waals surface area contributed by atoms with Crippen molar-refractivity contribution in [2.45, 2.75) is 18.9 Å². The van der Waals surface area contributed by atoms with Gasteiger partial charge in [0.15, 0.2) is 5.78 Å². The van der Waals surface area contributed by atoms with Gasteiger partial charge < -0.3 is 5.11 Å². The van der Waals surface area contributed by atoms with Crippen LogP contribution < -0.4 is 0 Å². The van der Waals surface area contributed by atoms with E-state index in [1.54, 1.807) is 6.08 Å². The molecule has 1 aliphatic rings. The van der Waals surface area contributed by atoms with Gasteiger partial charge in [0.2, 0.25) is 0 Å². The Hall–Kier alpha value is -2.19. The van der Waals surface area contributed by atoms with Gasteiger partial charge in [-0.2, -0.15) is 0 Å². The first-order valence-electron chi connectivity index (χ1n) is 7.27. The molecule has 2 nitrogen and oxygen atoms in total. The van der Waals surface area contributed by atoms with Gasteiger partial charge in [0.25, 0.3) is 0 Å². The average Bonchev–Trinajstić information content (AvgIpc) is 2.81. The summed E-state index contributed by atoms with van der Waals surface area (Å²) in [6, 6.07) is 19.1. The van der Waals surface area contributed by atoms with Gasteiger partial charge in [-0.3, -0.25) is 4.79 Å². The Labute approximate surface area is 124 Å². The van der Waals surface area contributed by atoms with E-state index in [1.165, 1.54) is 0 Å². The van der Waals surface area contributed by atoms with Crippen LogP contribution in [0.25, 0.3) is 5.57 Å². The molecule has 0 spiro atoms. The van der Waals surface area contributed by atoms with Gasteiger partial charge >= 0.3 is 0 Å². The maximum atomic E-state index is 12.3. The Morgan fingerprint density at radius 1 is 1.00 bits per heavy atom. The molecule has 0 unspecified atom stereocenters. The van der Waals surface area contributed by atoms with E-state index in [2.05, 4.69) is 0 Å². The maximum Gasteiger partial charge on any atom is 0.162 e. The summed E-state index contributed by atoms with van der Waals surface area (Å²) in [5, 5.41) is 11.4. The van der Waals surface area contributed by atoms with E-state index in [0.29, 0.717) is 12.0 Å². The Balaban J connectivity index is 2.18. The Morgan fingerprint density at radius 2 is 1.57 bits per heavy atom. The van der Waals surface area contributed by atoms with Gasteiger partial charge in [-0.1, -0.05) is 67.6 Å². The molecule has 1 N–H and O–H groups in total. The summed E-state index contributed by atoms with van der Waals surface area (Å²) in [5.74, 6) is -0.419. The second-order valence-electron chi connectivity index (χ2n) is 5.42. The van der Waals surface area contributed by atoms with Crippen molar-refractivity contribution in [1.82, 2.24) is 0 Å². The Morgan fingerprint density at radius 3 is 2.14 bits per heavy atom. The first-order chi connectivity index (χ1) is 10.2. The van der Waals surface area contributed by atoms with E-state index in [9.17, 15) is 9.90 Å². The van der Waals surface area contributed by atoms with Crippen LogP contribution in [0.2, 0.25) is 0 Å². The molecule has 0 saturated heterocycles. The Kier molecular flexibility index (Phi) is 3.48. The van der Waals surface area contributed by atoms with Crippen LogP contribution in [0.1, 0.15) is 24.5 Å². The fraction of sp³-hybridized carbons (Fsp3) is 0.211. The molecule has 2 heteroatoms. The SMILES string of the molecule is CC[C@@H]1C(=O)C=C(c2ccccc2)[C@@]1(O)c1ccccc1. The van der Waals surface area contributed by atoms with E-state index < -0.39 is 11.5 Å². The lowest BCUT2D eigenvalue weighted by molar-refractivity contribution is -0.122. The molecule has 0 aromatic heterocycles. The van der Waals surface area contributed by atoms with Crippen molar-refractivity contribution < 1.29 is 9.90 Å². The highest BCUT2D eigenvalue weighted by Gasteiger charge is 2.49. The van der Waals surface area contributed by atoms with E-state index in [-0.39, 0.29) is 5.78 Å². The van der Waals surface area contributed by atoms with Crippen molar-refractivity contribution in [3.8, 4) is 0 Å². The number of hydrogen-bond donors (Lipinski definition) is 1. The van der Waals surface area contributed by atoms with Crippen molar-refractivity contribution in [2.75, 3.05) is 0 Å². The largest absolute Gasteiger partial charge is 0.380 e. The molecule has 21 heavy (non-hydrogen) atoms. The third-order valence-corrected chi connectivity index (χ3v) is 4.25. The van der Waals surface area contributed by atoms with Gasteiger partial charge in [-0.05, 0) is 29.2 Å². The van der Waals surface area contributed by atoms with Crippen LogP contribution >= 0.6 is 0 Å². The molecule has 2 atom stereocenters. The summed E-state index contributed by atoms with van der Waals surface area (Å²) in [7, 11) is 0. The summed E-state index contributed by atoms with van der Waals surface area (Å²) >= 11 is 0. The Bertz CT molecular complexity index is 673. The first-order valence-corrected chi connectivity index (χ1v) is 7.27. The fourth-order valence-electron chi connectivity index (χ4n) is 3.21. The third-order valence-electron chi connectivity index (χ3n) is 4.25. The molecule has 2 aromatic carbocycles. The summed E-state index contributed by atoms with van der Waals surface area (Å²) in [6.45, 7) is 1.94. The molecule has 2 aromatic rings. The minimum Gasteiger partial charge on any atom is -0.380 e. The molecule has 0 saturated carbocycles. The van der Waals surface area contributed by atoms with Crippen molar-refractivity contribution >= 4 is 11.4 Å². The van der Waals surface area contributed by atoms with Crippen LogP contribution in [0.4, 0.5) is 0 Å². The van der Waals surface area contributed by atoms with E-state index >= 15 is 0 Å². The van der Waals surface area contributed by atoms with Gasteiger partial charge in [0.1, 0.15) is 5.60 Å². The van der Waals surface area contributed by atoms with Crippen LogP contribution in [-0.2, 0) is 10.4 Å². The second kappa shape index (κ2) is 5.30. The molecule has 0 radical (unpaired) electrons. The average molecular weight is 278 g/mol. The zero-order chi connectivity index (χ0) is 14.9. The minimum absolute atomic E-state index is 0.00251. The highest BCUT2D eigenvalue weighted by atomic mass is 16.3. The maximum absolute atomic E-state index is 12.3. The standard InChI is InChI=1S/C19H18O2/c1-2-16-18(20)13-17(14-9-5-3-6-10-14)19(16,21)15-11-7-4-8-12-15/h3-13,16,21H,2H2,1H3/t16-,19-/m1/s1. The zero-order valence-electron chi connectivity index (χ0n) is 12.0. The summed E-state index contributed by atoms with van der Waals surface area (Å²) in [4.78, 5) is 12.3. The first kappa shape index (κ1) is 13.8. The fourth-order valence-corrected chi connectivity index (χ4v) is 3.21. The lowest BCUT2D eigenvalue weighted by atomic mass is 9.76. The predicted molar refractivity (Wildman–Crippen MR) is 83.5 cm³/mol. The highest BCUT2D eigenvalue weighted by Crippen LogP contribution is 2.48. The molecular weight excluding hydrogens is 260 g/mol. The molecule has 0 heterocycles. The smallest absolute Gasteiger partial charge is 0.162 e. The van der Waals surface area contributed by atoms with Crippen molar-refractivity contribution in [3.05, 3.63) is 77.9 Å². The number of carbonyl (C=O) groups is 1. The van der Waals surface area contributed by atoms with Crippen molar-refractivity contribution in [1.29, 1.82) is 0 Å². The van der Waals surface area contributed by atoms with Gasteiger partial charge in [-0.15, -0.1) is 0 Å². The molecule has 0 fully saturated rings. The van der Waals surface area contributed by atoms with E-state index in [0.717, 1.165) is 11.1 Å². The molecule has 1 aliphatic carbocycles. The number of rotatable bonds is 3. The number of allylic oxidation sites excluding steroid dienone is 1. The molecule has 0 amide bonds. The zero-order valence-corrected chi connectivity index (χ0v) is 12.0. The van der Waals surface area contributed by atoms with Crippen LogP contribution in [-0.4, -0.2) is 10.9 Å². The monoisotopic (exact) mass is 278 g/mol.